The molecule has 5 nitrogen and oxygen atoms in total. The van der Waals surface area contributed by atoms with Crippen molar-refractivity contribution in [3.63, 3.8) is 0 Å². The van der Waals surface area contributed by atoms with E-state index >= 15 is 0 Å². The molecule has 3 aromatic rings. The molecule has 0 spiro atoms. The minimum atomic E-state index is -0.767. The third-order valence-corrected chi connectivity index (χ3v) is 6.99. The van der Waals surface area contributed by atoms with Gasteiger partial charge >= 0.3 is 0 Å². The second kappa shape index (κ2) is 10.6. The number of carbonyl (C=O) groups is 2. The van der Waals surface area contributed by atoms with E-state index in [0.717, 1.165) is 29.9 Å². The molecular formula is C30H31ClN2O3. The van der Waals surface area contributed by atoms with Gasteiger partial charge in [-0.1, -0.05) is 49.7 Å². The fourth-order valence-electron chi connectivity index (χ4n) is 4.65. The maximum absolute atomic E-state index is 13.4. The lowest BCUT2D eigenvalue weighted by atomic mass is 9.94. The first kappa shape index (κ1) is 25.5. The standard InChI is InChI=1S/C30H31ClN2O3/c1-5-32(6-2)24-15-11-21(12-16-24)27-26(28(34)22-7-13-23(31)14-8-22)29(35)30(36)33(27)25-17-9-20(10-18-25)19(3)4/h7-19,27,34H,5-6H2,1-4H3/b28-26-. The first-order chi connectivity index (χ1) is 17.3. The Kier molecular flexibility index (Phi) is 7.51. The number of aliphatic hydroxyl groups excluding tert-OH is 1. The summed E-state index contributed by atoms with van der Waals surface area (Å²) in [7, 11) is 0. The highest BCUT2D eigenvalue weighted by Gasteiger charge is 2.47. The predicted octanol–water partition coefficient (Wildman–Crippen LogP) is 6.94. The number of carbonyl (C=O) groups excluding carboxylic acids is 2. The van der Waals surface area contributed by atoms with Crippen molar-refractivity contribution in [2.75, 3.05) is 22.9 Å². The van der Waals surface area contributed by atoms with Gasteiger partial charge < -0.3 is 10.0 Å². The molecule has 0 bridgehead atoms. The second-order valence-electron chi connectivity index (χ2n) is 9.19. The number of hydrogen-bond donors (Lipinski definition) is 1. The van der Waals surface area contributed by atoms with E-state index in [9.17, 15) is 14.7 Å². The average molecular weight is 503 g/mol. The van der Waals surface area contributed by atoms with Crippen LogP contribution in [0.15, 0.2) is 78.4 Å². The van der Waals surface area contributed by atoms with Gasteiger partial charge in [-0.05, 0) is 79.4 Å². The molecule has 1 atom stereocenters. The maximum atomic E-state index is 13.4. The van der Waals surface area contributed by atoms with Crippen LogP contribution >= 0.6 is 11.6 Å². The number of aliphatic hydroxyl groups is 1. The number of amides is 1. The van der Waals surface area contributed by atoms with E-state index in [1.54, 1.807) is 24.3 Å². The molecule has 1 unspecified atom stereocenters. The zero-order chi connectivity index (χ0) is 26.0. The van der Waals surface area contributed by atoms with Crippen LogP contribution in [-0.2, 0) is 9.59 Å². The fraction of sp³-hybridized carbons (Fsp3) is 0.267. The average Bonchev–Trinajstić information content (AvgIpc) is 3.15. The molecule has 1 saturated heterocycles. The van der Waals surface area contributed by atoms with Gasteiger partial charge in [-0.25, -0.2) is 0 Å². The predicted molar refractivity (Wildman–Crippen MR) is 147 cm³/mol. The van der Waals surface area contributed by atoms with Crippen molar-refractivity contribution < 1.29 is 14.7 Å². The minimum Gasteiger partial charge on any atom is -0.507 e. The monoisotopic (exact) mass is 502 g/mol. The molecule has 3 aromatic carbocycles. The summed E-state index contributed by atoms with van der Waals surface area (Å²) >= 11 is 6.02. The van der Waals surface area contributed by atoms with Crippen LogP contribution in [-0.4, -0.2) is 29.9 Å². The highest BCUT2D eigenvalue weighted by molar-refractivity contribution is 6.51. The molecule has 36 heavy (non-hydrogen) atoms. The Morgan fingerprint density at radius 1 is 0.917 bits per heavy atom. The second-order valence-corrected chi connectivity index (χ2v) is 9.62. The Hall–Kier alpha value is -3.57. The summed E-state index contributed by atoms with van der Waals surface area (Å²) in [5.41, 5.74) is 4.03. The van der Waals surface area contributed by atoms with Crippen molar-refractivity contribution in [2.24, 2.45) is 0 Å². The van der Waals surface area contributed by atoms with Gasteiger partial charge in [-0.3, -0.25) is 14.5 Å². The summed E-state index contributed by atoms with van der Waals surface area (Å²) in [6.45, 7) is 10.1. The number of hydrogen-bond acceptors (Lipinski definition) is 4. The quantitative estimate of drug-likeness (QED) is 0.216. The highest BCUT2D eigenvalue weighted by atomic mass is 35.5. The summed E-state index contributed by atoms with van der Waals surface area (Å²) in [6.07, 6.45) is 0. The maximum Gasteiger partial charge on any atom is 0.300 e. The Morgan fingerprint density at radius 2 is 1.50 bits per heavy atom. The molecule has 6 heteroatoms. The van der Waals surface area contributed by atoms with Gasteiger partial charge in [0, 0.05) is 35.1 Å². The number of nitrogens with zero attached hydrogens (tertiary/aromatic N) is 2. The number of Topliss-reactive ketones (excluding diaryl/α,β-unsaturated/α-hetero) is 1. The Balaban J connectivity index is 1.87. The van der Waals surface area contributed by atoms with Gasteiger partial charge in [0.05, 0.1) is 11.6 Å². The van der Waals surface area contributed by atoms with E-state index in [2.05, 4.69) is 32.6 Å². The summed E-state index contributed by atoms with van der Waals surface area (Å²) in [6, 6.07) is 21.3. The van der Waals surface area contributed by atoms with Crippen LogP contribution in [0.5, 0.6) is 0 Å². The van der Waals surface area contributed by atoms with Crippen molar-refractivity contribution in [3.8, 4) is 0 Å². The van der Waals surface area contributed by atoms with Gasteiger partial charge in [0.2, 0.25) is 0 Å². The highest BCUT2D eigenvalue weighted by Crippen LogP contribution is 2.42. The van der Waals surface area contributed by atoms with Crippen molar-refractivity contribution in [1.82, 2.24) is 0 Å². The van der Waals surface area contributed by atoms with E-state index in [-0.39, 0.29) is 11.3 Å². The lowest BCUT2D eigenvalue weighted by Gasteiger charge is -2.27. The molecule has 1 aliphatic rings. The molecular weight excluding hydrogens is 472 g/mol. The third kappa shape index (κ3) is 4.76. The Bertz CT molecular complexity index is 1280. The van der Waals surface area contributed by atoms with E-state index in [4.69, 9.17) is 11.6 Å². The van der Waals surface area contributed by atoms with Crippen LogP contribution in [0.1, 0.15) is 56.3 Å². The molecule has 1 N–H and O–H groups in total. The molecule has 1 amide bonds. The lowest BCUT2D eigenvalue weighted by Crippen LogP contribution is -2.29. The molecule has 0 radical (unpaired) electrons. The van der Waals surface area contributed by atoms with Crippen LogP contribution in [0.3, 0.4) is 0 Å². The number of anilines is 2. The molecule has 1 heterocycles. The van der Waals surface area contributed by atoms with E-state index in [0.29, 0.717) is 22.2 Å². The summed E-state index contributed by atoms with van der Waals surface area (Å²) in [4.78, 5) is 30.4. The van der Waals surface area contributed by atoms with E-state index < -0.39 is 17.7 Å². The van der Waals surface area contributed by atoms with E-state index in [1.165, 1.54) is 4.90 Å². The smallest absolute Gasteiger partial charge is 0.300 e. The topological polar surface area (TPSA) is 60.9 Å². The van der Waals surface area contributed by atoms with Gasteiger partial charge in [0.1, 0.15) is 5.76 Å². The van der Waals surface area contributed by atoms with Crippen LogP contribution < -0.4 is 9.80 Å². The molecule has 0 aromatic heterocycles. The molecule has 1 aliphatic heterocycles. The van der Waals surface area contributed by atoms with Gasteiger partial charge in [0.25, 0.3) is 11.7 Å². The number of ketones is 1. The van der Waals surface area contributed by atoms with Crippen molar-refractivity contribution in [1.29, 1.82) is 0 Å². The molecule has 0 aliphatic carbocycles. The van der Waals surface area contributed by atoms with Crippen LogP contribution in [0.2, 0.25) is 5.02 Å². The zero-order valence-electron chi connectivity index (χ0n) is 21.0. The van der Waals surface area contributed by atoms with Crippen molar-refractivity contribution in [3.05, 3.63) is 100 Å². The molecule has 1 fully saturated rings. The van der Waals surface area contributed by atoms with Crippen LogP contribution in [0, 0.1) is 0 Å². The summed E-state index contributed by atoms with van der Waals surface area (Å²) in [5.74, 6) is -1.26. The van der Waals surface area contributed by atoms with Crippen molar-refractivity contribution in [2.45, 2.75) is 39.7 Å². The number of benzene rings is 3. The van der Waals surface area contributed by atoms with Crippen LogP contribution in [0.25, 0.3) is 5.76 Å². The van der Waals surface area contributed by atoms with Crippen molar-refractivity contribution >= 4 is 40.4 Å². The molecule has 4 rings (SSSR count). The third-order valence-electron chi connectivity index (χ3n) is 6.74. The zero-order valence-corrected chi connectivity index (χ0v) is 21.8. The molecule has 0 saturated carbocycles. The van der Waals surface area contributed by atoms with Gasteiger partial charge in [-0.2, -0.15) is 0 Å². The first-order valence-electron chi connectivity index (χ1n) is 12.3. The summed E-state index contributed by atoms with van der Waals surface area (Å²) in [5, 5.41) is 11.8. The molecule has 186 valence electrons. The first-order valence-corrected chi connectivity index (χ1v) is 12.7. The lowest BCUT2D eigenvalue weighted by molar-refractivity contribution is -0.132. The number of halogens is 1. The SMILES string of the molecule is CCN(CC)c1ccc(C2/C(=C(/O)c3ccc(Cl)cc3)C(=O)C(=O)N2c2ccc(C(C)C)cc2)cc1. The van der Waals surface area contributed by atoms with Crippen LogP contribution in [0.4, 0.5) is 11.4 Å². The van der Waals surface area contributed by atoms with Gasteiger partial charge in [0.15, 0.2) is 0 Å². The largest absolute Gasteiger partial charge is 0.507 e. The fourth-order valence-corrected chi connectivity index (χ4v) is 4.78. The number of rotatable bonds is 7. The normalized spacial score (nSPS) is 17.2. The van der Waals surface area contributed by atoms with E-state index in [1.807, 2.05) is 48.5 Å². The Morgan fingerprint density at radius 3 is 2.03 bits per heavy atom. The summed E-state index contributed by atoms with van der Waals surface area (Å²) < 4.78 is 0. The Labute approximate surface area is 217 Å². The van der Waals surface area contributed by atoms with Gasteiger partial charge in [-0.15, -0.1) is 0 Å². The minimum absolute atomic E-state index is 0.0610.